The molecule has 0 bridgehead atoms. The highest BCUT2D eigenvalue weighted by molar-refractivity contribution is 7.89. The van der Waals surface area contributed by atoms with Crippen LogP contribution in [0, 0.1) is 6.92 Å². The monoisotopic (exact) mass is 401 g/mol. The van der Waals surface area contributed by atoms with Gasteiger partial charge < -0.3 is 4.74 Å². The zero-order valence-corrected chi connectivity index (χ0v) is 18.3. The molecular weight excluding hydrogens is 370 g/mol. The van der Waals surface area contributed by atoms with E-state index in [9.17, 15) is 8.42 Å². The van der Waals surface area contributed by atoms with Crippen molar-refractivity contribution >= 4 is 10.0 Å². The number of fused-ring (bicyclic) bond motifs is 1. The second-order valence-electron chi connectivity index (χ2n) is 8.09. The zero-order chi connectivity index (χ0) is 20.5. The summed E-state index contributed by atoms with van der Waals surface area (Å²) in [4.78, 5) is 0.321. The minimum Gasteiger partial charge on any atom is -0.496 e. The summed E-state index contributed by atoms with van der Waals surface area (Å²) >= 11 is 0. The first kappa shape index (κ1) is 20.9. The number of methoxy groups -OCH3 is 1. The summed E-state index contributed by atoms with van der Waals surface area (Å²) in [6, 6.07) is 9.65. The molecule has 0 radical (unpaired) electrons. The van der Waals surface area contributed by atoms with Gasteiger partial charge in [0.25, 0.3) is 0 Å². The van der Waals surface area contributed by atoms with Crippen LogP contribution < -0.4 is 9.46 Å². The van der Waals surface area contributed by atoms with Crippen LogP contribution in [0.15, 0.2) is 35.2 Å². The molecule has 0 saturated carbocycles. The predicted octanol–water partition coefficient (Wildman–Crippen LogP) is 5.05. The zero-order valence-electron chi connectivity index (χ0n) is 17.5. The van der Waals surface area contributed by atoms with Gasteiger partial charge in [-0.3, -0.25) is 0 Å². The predicted molar refractivity (Wildman–Crippen MR) is 114 cm³/mol. The van der Waals surface area contributed by atoms with Gasteiger partial charge in [-0.25, -0.2) is 13.1 Å². The number of hydrogen-bond acceptors (Lipinski definition) is 3. The van der Waals surface area contributed by atoms with E-state index in [-0.39, 0.29) is 12.0 Å². The van der Waals surface area contributed by atoms with Crippen molar-refractivity contribution in [1.29, 1.82) is 0 Å². The summed E-state index contributed by atoms with van der Waals surface area (Å²) in [5.41, 5.74) is 5.36. The molecule has 0 amide bonds. The van der Waals surface area contributed by atoms with Gasteiger partial charge in [-0.15, -0.1) is 0 Å². The van der Waals surface area contributed by atoms with E-state index in [2.05, 4.69) is 22.9 Å². The summed E-state index contributed by atoms with van der Waals surface area (Å²) in [6.45, 7) is 7.79. The maximum Gasteiger partial charge on any atom is 0.241 e. The van der Waals surface area contributed by atoms with Crippen LogP contribution in [0.4, 0.5) is 0 Å². The standard InChI is InChI=1S/C23H31NO3S/c1-15(2)21-14-23(16(3)12-22(21)27-5)28(25,26)24-17(4)19-11-10-18-8-6-7-9-20(18)13-19/h10-15,17,24H,6-9H2,1-5H3/t17-/m1/s1. The smallest absolute Gasteiger partial charge is 0.241 e. The van der Waals surface area contributed by atoms with Crippen LogP contribution in [0.25, 0.3) is 0 Å². The van der Waals surface area contributed by atoms with Crippen LogP contribution in [0.5, 0.6) is 5.75 Å². The summed E-state index contributed by atoms with van der Waals surface area (Å²) in [7, 11) is -2.03. The largest absolute Gasteiger partial charge is 0.496 e. The van der Waals surface area contributed by atoms with Gasteiger partial charge in [0.2, 0.25) is 10.0 Å². The van der Waals surface area contributed by atoms with E-state index < -0.39 is 10.0 Å². The van der Waals surface area contributed by atoms with Crippen LogP contribution in [0.1, 0.15) is 73.4 Å². The fourth-order valence-electron chi connectivity index (χ4n) is 3.98. The van der Waals surface area contributed by atoms with Crippen molar-refractivity contribution in [3.8, 4) is 5.75 Å². The minimum atomic E-state index is -3.65. The summed E-state index contributed by atoms with van der Waals surface area (Å²) in [5.74, 6) is 0.900. The van der Waals surface area contributed by atoms with Crippen molar-refractivity contribution in [3.05, 3.63) is 58.1 Å². The van der Waals surface area contributed by atoms with Crippen molar-refractivity contribution in [2.45, 2.75) is 70.2 Å². The van der Waals surface area contributed by atoms with Crippen molar-refractivity contribution in [3.63, 3.8) is 0 Å². The third-order valence-electron chi connectivity index (χ3n) is 5.64. The SMILES string of the molecule is COc1cc(C)c(S(=O)(=O)N[C@H](C)c2ccc3c(c2)CCCC3)cc1C(C)C. The van der Waals surface area contributed by atoms with Gasteiger partial charge in [-0.2, -0.15) is 0 Å². The second kappa shape index (κ2) is 8.26. The van der Waals surface area contributed by atoms with Gasteiger partial charge in [0.1, 0.15) is 5.75 Å². The van der Waals surface area contributed by atoms with Gasteiger partial charge in [-0.1, -0.05) is 32.0 Å². The Balaban J connectivity index is 1.90. The molecule has 3 rings (SSSR count). The van der Waals surface area contributed by atoms with Gasteiger partial charge in [0.15, 0.2) is 0 Å². The topological polar surface area (TPSA) is 55.4 Å². The highest BCUT2D eigenvalue weighted by Crippen LogP contribution is 2.32. The van der Waals surface area contributed by atoms with Gasteiger partial charge in [0, 0.05) is 6.04 Å². The van der Waals surface area contributed by atoms with E-state index in [0.29, 0.717) is 10.5 Å². The lowest BCUT2D eigenvalue weighted by atomic mass is 9.89. The Hall–Kier alpha value is -1.85. The van der Waals surface area contributed by atoms with Crippen LogP contribution in [0.2, 0.25) is 0 Å². The first-order valence-corrected chi connectivity index (χ1v) is 11.5. The Morgan fingerprint density at radius 1 is 1.00 bits per heavy atom. The highest BCUT2D eigenvalue weighted by atomic mass is 32.2. The molecule has 0 unspecified atom stereocenters. The average molecular weight is 402 g/mol. The lowest BCUT2D eigenvalue weighted by Crippen LogP contribution is -2.28. The Kier molecular flexibility index (Phi) is 6.15. The van der Waals surface area contributed by atoms with Crippen molar-refractivity contribution in [2.24, 2.45) is 0 Å². The quantitative estimate of drug-likeness (QED) is 0.737. The van der Waals surface area contributed by atoms with Crippen molar-refractivity contribution < 1.29 is 13.2 Å². The number of sulfonamides is 1. The van der Waals surface area contributed by atoms with E-state index in [0.717, 1.165) is 29.7 Å². The number of nitrogens with one attached hydrogen (secondary N) is 1. The Morgan fingerprint density at radius 3 is 2.32 bits per heavy atom. The third-order valence-corrected chi connectivity index (χ3v) is 7.33. The van der Waals surface area contributed by atoms with E-state index in [4.69, 9.17) is 4.74 Å². The molecule has 1 atom stereocenters. The molecule has 152 valence electrons. The van der Waals surface area contributed by atoms with Crippen LogP contribution in [-0.4, -0.2) is 15.5 Å². The molecule has 5 heteroatoms. The number of hydrogen-bond donors (Lipinski definition) is 1. The Labute approximate surface area is 169 Å². The molecule has 1 aliphatic rings. The first-order valence-electron chi connectivity index (χ1n) is 10.1. The average Bonchev–Trinajstić information content (AvgIpc) is 2.66. The maximum absolute atomic E-state index is 13.1. The van der Waals surface area contributed by atoms with Gasteiger partial charge in [-0.05, 0) is 85.4 Å². The summed E-state index contributed by atoms with van der Waals surface area (Å²) in [5, 5.41) is 0. The molecule has 2 aromatic rings. The minimum absolute atomic E-state index is 0.169. The molecule has 0 heterocycles. The molecule has 1 aliphatic carbocycles. The van der Waals surface area contributed by atoms with E-state index in [1.165, 1.54) is 24.0 Å². The molecular formula is C23H31NO3S. The van der Waals surface area contributed by atoms with Crippen LogP contribution in [0.3, 0.4) is 0 Å². The molecule has 0 aliphatic heterocycles. The Bertz CT molecular complexity index is 964. The fourth-order valence-corrected chi connectivity index (χ4v) is 5.48. The number of rotatable bonds is 6. The van der Waals surface area contributed by atoms with E-state index >= 15 is 0 Å². The molecule has 0 fully saturated rings. The molecule has 1 N–H and O–H groups in total. The fraction of sp³-hybridized carbons (Fsp3) is 0.478. The lowest BCUT2D eigenvalue weighted by molar-refractivity contribution is 0.406. The van der Waals surface area contributed by atoms with Gasteiger partial charge >= 0.3 is 0 Å². The molecule has 4 nitrogen and oxygen atoms in total. The van der Waals surface area contributed by atoms with Gasteiger partial charge in [0.05, 0.1) is 12.0 Å². The second-order valence-corrected chi connectivity index (χ2v) is 9.77. The summed E-state index contributed by atoms with van der Waals surface area (Å²) in [6.07, 6.45) is 4.65. The molecule has 0 saturated heterocycles. The Morgan fingerprint density at radius 2 is 1.68 bits per heavy atom. The van der Waals surface area contributed by atoms with Crippen LogP contribution >= 0.6 is 0 Å². The summed E-state index contributed by atoms with van der Waals surface area (Å²) < 4.78 is 34.6. The number of ether oxygens (including phenoxy) is 1. The lowest BCUT2D eigenvalue weighted by Gasteiger charge is -2.21. The number of benzene rings is 2. The third kappa shape index (κ3) is 4.26. The maximum atomic E-state index is 13.1. The van der Waals surface area contributed by atoms with E-state index in [1.807, 2.05) is 33.8 Å². The highest BCUT2D eigenvalue weighted by Gasteiger charge is 2.24. The molecule has 0 spiro atoms. The molecule has 28 heavy (non-hydrogen) atoms. The van der Waals surface area contributed by atoms with Crippen molar-refractivity contribution in [1.82, 2.24) is 4.72 Å². The number of aryl methyl sites for hydroxylation is 3. The molecule has 0 aromatic heterocycles. The molecule has 2 aromatic carbocycles. The normalized spacial score (nSPS) is 15.4. The van der Waals surface area contributed by atoms with Crippen LogP contribution in [-0.2, 0) is 22.9 Å². The van der Waals surface area contributed by atoms with Crippen molar-refractivity contribution in [2.75, 3.05) is 7.11 Å². The first-order chi connectivity index (χ1) is 13.2. The van der Waals surface area contributed by atoms with E-state index in [1.54, 1.807) is 13.2 Å².